The Morgan fingerprint density at radius 1 is 1.23 bits per heavy atom. The Labute approximate surface area is 170 Å². The smallest absolute Gasteiger partial charge is 0.231 e. The number of benzene rings is 1. The minimum atomic E-state index is 0. The van der Waals surface area contributed by atoms with Crippen LogP contribution in [0.2, 0.25) is 0 Å². The molecule has 0 amide bonds. The molecular weight excluding hydrogens is 447 g/mol. The van der Waals surface area contributed by atoms with Crippen molar-refractivity contribution in [1.29, 1.82) is 0 Å². The molecule has 142 valence electrons. The Morgan fingerprint density at radius 3 is 2.88 bits per heavy atom. The summed E-state index contributed by atoms with van der Waals surface area (Å²) in [7, 11) is 0. The fourth-order valence-electron chi connectivity index (χ4n) is 2.59. The Bertz CT molecular complexity index is 734. The summed E-state index contributed by atoms with van der Waals surface area (Å²) in [6.45, 7) is 7.33. The van der Waals surface area contributed by atoms with Crippen molar-refractivity contribution < 1.29 is 9.47 Å². The number of nitrogens with zero attached hydrogens (tertiary/aromatic N) is 4. The molecule has 0 atom stereocenters. The lowest BCUT2D eigenvalue weighted by Gasteiger charge is -2.12. The third-order valence-corrected chi connectivity index (χ3v) is 3.86. The van der Waals surface area contributed by atoms with E-state index >= 15 is 0 Å². The van der Waals surface area contributed by atoms with Crippen molar-refractivity contribution in [2.24, 2.45) is 4.99 Å². The number of fused-ring (bicyclic) bond motifs is 1. The van der Waals surface area contributed by atoms with Crippen molar-refractivity contribution in [2.75, 3.05) is 19.9 Å². The monoisotopic (exact) mass is 472 g/mol. The lowest BCUT2D eigenvalue weighted by atomic mass is 10.2. The highest BCUT2D eigenvalue weighted by atomic mass is 127. The normalized spacial score (nSPS) is 12.6. The molecule has 1 aromatic carbocycles. The largest absolute Gasteiger partial charge is 0.454 e. The number of ether oxygens (including phenoxy) is 2. The number of aliphatic imine (C=N–C) groups is 1. The second kappa shape index (κ2) is 10.2. The lowest BCUT2D eigenvalue weighted by Crippen LogP contribution is -2.38. The predicted molar refractivity (Wildman–Crippen MR) is 110 cm³/mol. The first-order valence-electron chi connectivity index (χ1n) is 8.57. The number of hydrogen-bond acceptors (Lipinski definition) is 5. The average molecular weight is 472 g/mol. The molecule has 2 aromatic rings. The minimum absolute atomic E-state index is 0. The van der Waals surface area contributed by atoms with Crippen molar-refractivity contribution in [3.8, 4) is 11.5 Å². The van der Waals surface area contributed by atoms with E-state index in [1.807, 2.05) is 25.1 Å². The molecule has 0 saturated heterocycles. The van der Waals surface area contributed by atoms with Crippen molar-refractivity contribution >= 4 is 29.9 Å². The van der Waals surface area contributed by atoms with Crippen molar-refractivity contribution in [3.05, 3.63) is 35.9 Å². The van der Waals surface area contributed by atoms with Crippen LogP contribution in [-0.2, 0) is 19.5 Å². The van der Waals surface area contributed by atoms with Gasteiger partial charge in [-0.1, -0.05) is 13.0 Å². The van der Waals surface area contributed by atoms with Crippen LogP contribution < -0.4 is 20.1 Å². The molecule has 0 saturated carbocycles. The fraction of sp³-hybridized carbons (Fsp3) is 0.471. The summed E-state index contributed by atoms with van der Waals surface area (Å²) in [6, 6.07) is 5.90. The van der Waals surface area contributed by atoms with Gasteiger partial charge in [-0.05, 0) is 24.6 Å². The zero-order valence-electron chi connectivity index (χ0n) is 15.1. The fourth-order valence-corrected chi connectivity index (χ4v) is 2.59. The minimum Gasteiger partial charge on any atom is -0.454 e. The van der Waals surface area contributed by atoms with E-state index in [1.165, 1.54) is 0 Å². The number of rotatable bonds is 7. The van der Waals surface area contributed by atoms with Gasteiger partial charge in [-0.25, -0.2) is 4.99 Å². The zero-order chi connectivity index (χ0) is 17.5. The van der Waals surface area contributed by atoms with E-state index in [0.29, 0.717) is 6.54 Å². The maximum Gasteiger partial charge on any atom is 0.231 e. The van der Waals surface area contributed by atoms with Crippen LogP contribution in [0.5, 0.6) is 11.5 Å². The summed E-state index contributed by atoms with van der Waals surface area (Å²) in [5, 5.41) is 14.6. The molecule has 1 aliphatic rings. The molecule has 1 aliphatic heterocycles. The van der Waals surface area contributed by atoms with E-state index in [-0.39, 0.29) is 30.8 Å². The molecule has 0 spiro atoms. The molecule has 1 aromatic heterocycles. The van der Waals surface area contributed by atoms with Crippen LogP contribution in [0, 0.1) is 0 Å². The number of aromatic nitrogens is 3. The summed E-state index contributed by atoms with van der Waals surface area (Å²) >= 11 is 0. The van der Waals surface area contributed by atoms with Crippen LogP contribution >= 0.6 is 24.0 Å². The molecule has 0 bridgehead atoms. The molecular formula is C17H25IN6O2. The van der Waals surface area contributed by atoms with Gasteiger partial charge in [-0.3, -0.25) is 0 Å². The van der Waals surface area contributed by atoms with E-state index in [1.54, 1.807) is 6.33 Å². The third-order valence-electron chi connectivity index (χ3n) is 3.86. The van der Waals surface area contributed by atoms with Crippen LogP contribution in [0.25, 0.3) is 0 Å². The second-order valence-electron chi connectivity index (χ2n) is 5.60. The number of halogens is 1. The van der Waals surface area contributed by atoms with Crippen LogP contribution in [-0.4, -0.2) is 40.6 Å². The first-order valence-corrected chi connectivity index (χ1v) is 8.57. The summed E-state index contributed by atoms with van der Waals surface area (Å²) in [6.07, 6.45) is 2.63. The molecule has 3 rings (SSSR count). The summed E-state index contributed by atoms with van der Waals surface area (Å²) in [4.78, 5) is 4.63. The van der Waals surface area contributed by atoms with Gasteiger partial charge in [0, 0.05) is 26.1 Å². The quantitative estimate of drug-likeness (QED) is 0.364. The van der Waals surface area contributed by atoms with E-state index in [4.69, 9.17) is 9.47 Å². The molecule has 2 N–H and O–H groups in total. The average Bonchev–Trinajstić information content (AvgIpc) is 3.27. The zero-order valence-corrected chi connectivity index (χ0v) is 17.4. The van der Waals surface area contributed by atoms with Gasteiger partial charge < -0.3 is 24.7 Å². The summed E-state index contributed by atoms with van der Waals surface area (Å²) < 4.78 is 12.8. The van der Waals surface area contributed by atoms with E-state index in [2.05, 4.69) is 37.3 Å². The van der Waals surface area contributed by atoms with Gasteiger partial charge in [-0.2, -0.15) is 0 Å². The third kappa shape index (κ3) is 5.23. The van der Waals surface area contributed by atoms with Gasteiger partial charge in [0.05, 0.1) is 6.54 Å². The van der Waals surface area contributed by atoms with Crippen LogP contribution in [0.3, 0.4) is 0 Å². The summed E-state index contributed by atoms with van der Waals surface area (Å²) in [5.74, 6) is 3.35. The molecule has 2 heterocycles. The number of hydrogen-bond donors (Lipinski definition) is 2. The van der Waals surface area contributed by atoms with Gasteiger partial charge in [-0.15, -0.1) is 34.2 Å². The van der Waals surface area contributed by atoms with Gasteiger partial charge in [0.1, 0.15) is 12.2 Å². The Balaban J connectivity index is 0.00000243. The van der Waals surface area contributed by atoms with E-state index in [9.17, 15) is 0 Å². The topological polar surface area (TPSA) is 85.6 Å². The maximum absolute atomic E-state index is 5.40. The van der Waals surface area contributed by atoms with Crippen molar-refractivity contribution in [2.45, 2.75) is 33.4 Å². The van der Waals surface area contributed by atoms with Crippen LogP contribution in [0.1, 0.15) is 25.2 Å². The van der Waals surface area contributed by atoms with Crippen LogP contribution in [0.4, 0.5) is 0 Å². The maximum atomic E-state index is 5.40. The SMILES string of the molecule is CCNC(=NCc1ccc2c(c1)OCO2)NCCn1cnnc1CC.I. The standard InChI is InChI=1S/C17H24N6O2.HI/c1-3-16-22-21-11-23(16)8-7-19-17(18-4-2)20-10-13-5-6-14-15(9-13)25-12-24-14;/h5-6,9,11H,3-4,7-8,10,12H2,1-2H3,(H2,18,19,20);1H. The lowest BCUT2D eigenvalue weighted by molar-refractivity contribution is 0.174. The van der Waals surface area contributed by atoms with Gasteiger partial charge in [0.2, 0.25) is 6.79 Å². The first kappa shape index (κ1) is 20.3. The summed E-state index contributed by atoms with van der Waals surface area (Å²) in [5.41, 5.74) is 1.08. The second-order valence-corrected chi connectivity index (χ2v) is 5.60. The highest BCUT2D eigenvalue weighted by molar-refractivity contribution is 14.0. The number of nitrogens with one attached hydrogen (secondary N) is 2. The molecule has 8 nitrogen and oxygen atoms in total. The highest BCUT2D eigenvalue weighted by Crippen LogP contribution is 2.32. The molecule has 0 unspecified atom stereocenters. The Hall–Kier alpha value is -2.04. The molecule has 0 radical (unpaired) electrons. The number of guanidine groups is 1. The molecule has 9 heteroatoms. The van der Waals surface area contributed by atoms with E-state index < -0.39 is 0 Å². The van der Waals surface area contributed by atoms with Crippen LogP contribution in [0.15, 0.2) is 29.5 Å². The van der Waals surface area contributed by atoms with Crippen molar-refractivity contribution in [3.63, 3.8) is 0 Å². The van der Waals surface area contributed by atoms with Gasteiger partial charge in [0.25, 0.3) is 0 Å². The number of aryl methyl sites for hydroxylation is 1. The predicted octanol–water partition coefficient (Wildman–Crippen LogP) is 1.94. The Morgan fingerprint density at radius 2 is 2.08 bits per heavy atom. The first-order chi connectivity index (χ1) is 12.3. The van der Waals surface area contributed by atoms with Crippen molar-refractivity contribution in [1.82, 2.24) is 25.4 Å². The molecule has 0 aliphatic carbocycles. The van der Waals surface area contributed by atoms with E-state index in [0.717, 1.165) is 54.9 Å². The van der Waals surface area contributed by atoms with Gasteiger partial charge >= 0.3 is 0 Å². The highest BCUT2D eigenvalue weighted by Gasteiger charge is 2.13. The van der Waals surface area contributed by atoms with Gasteiger partial charge in [0.15, 0.2) is 17.5 Å². The Kier molecular flexibility index (Phi) is 7.95. The molecule has 0 fully saturated rings. The molecule has 26 heavy (non-hydrogen) atoms.